The lowest BCUT2D eigenvalue weighted by Crippen LogP contribution is -2.79. The van der Waals surface area contributed by atoms with E-state index in [0.29, 0.717) is 0 Å². The van der Waals surface area contributed by atoms with Gasteiger partial charge in [0.2, 0.25) is 4.87 Å². The Labute approximate surface area is 299 Å². The second-order valence-electron chi connectivity index (χ2n) is 15.2. The number of benzene rings is 2. The number of amides is 4. The fraction of sp³-hybridized carbons (Fsp3) is 0.529. The first-order chi connectivity index (χ1) is 23.3. The molecule has 0 unspecified atom stereocenters. The summed E-state index contributed by atoms with van der Waals surface area (Å²) in [5.41, 5.74) is 0.658. The fourth-order valence-electron chi connectivity index (χ4n) is 11.0. The monoisotopic (exact) mass is 736 g/mol. The molecule has 2 aromatic carbocycles. The Bertz CT molecular complexity index is 1970. The molecule has 9 atom stereocenters. The van der Waals surface area contributed by atoms with Crippen LogP contribution >= 0.6 is 43.2 Å². The lowest BCUT2D eigenvalue weighted by atomic mass is 9.53. The van der Waals surface area contributed by atoms with Gasteiger partial charge in [-0.1, -0.05) is 96.5 Å². The summed E-state index contributed by atoms with van der Waals surface area (Å²) in [7, 11) is 8.94. The summed E-state index contributed by atoms with van der Waals surface area (Å²) in [6.45, 7) is 7.85. The number of aliphatic hydroxyl groups excluding tert-OH is 1. The van der Waals surface area contributed by atoms with E-state index in [1.165, 1.54) is 43.2 Å². The molecular weight excluding hydrogens is 701 g/mol. The first-order valence-electron chi connectivity index (χ1n) is 16.7. The predicted octanol–water partition coefficient (Wildman–Crippen LogP) is 3.63. The van der Waals surface area contributed by atoms with Gasteiger partial charge in [-0.25, -0.2) is 0 Å². The number of hydrogen-bond acceptors (Lipinski definition) is 11. The summed E-state index contributed by atoms with van der Waals surface area (Å²) in [5, 5.41) is 20.9. The SMILES string of the molecule is CC(C)[C@]12SS[C@@]3(C[C@]4([C@]56c7ccccc7N[C@H]5N5C(=O)[C@]7(C(C)C)SS[C@]5(C(=O)N7C)[C@H]6O)c5ccccc5N[C@@H]4N3C1=O)C(=O)N2C. The van der Waals surface area contributed by atoms with Gasteiger partial charge >= 0.3 is 0 Å². The molecule has 0 aromatic heterocycles. The number of piperazine rings is 2. The highest BCUT2D eigenvalue weighted by molar-refractivity contribution is 8.78. The summed E-state index contributed by atoms with van der Waals surface area (Å²) < 4.78 is 0. The molecule has 10 aliphatic rings. The lowest BCUT2D eigenvalue weighted by Gasteiger charge is -2.60. The van der Waals surface area contributed by atoms with Crippen LogP contribution in [-0.4, -0.2) is 100 Å². The largest absolute Gasteiger partial charge is 0.388 e. The molecule has 15 heteroatoms. The maximum atomic E-state index is 15.2. The third-order valence-electron chi connectivity index (χ3n) is 13.0. The van der Waals surface area contributed by atoms with Crippen LogP contribution < -0.4 is 10.6 Å². The van der Waals surface area contributed by atoms with Gasteiger partial charge in [0.25, 0.3) is 23.6 Å². The van der Waals surface area contributed by atoms with E-state index < -0.39 is 48.7 Å². The molecule has 11 nitrogen and oxygen atoms in total. The van der Waals surface area contributed by atoms with Crippen LogP contribution in [0.1, 0.15) is 45.2 Å². The molecule has 256 valence electrons. The van der Waals surface area contributed by atoms with Crippen molar-refractivity contribution in [2.45, 2.75) is 82.9 Å². The molecule has 8 saturated heterocycles. The lowest BCUT2D eigenvalue weighted by molar-refractivity contribution is -0.169. The number of carbonyl (C=O) groups excluding carboxylic acids is 4. The molecule has 8 fully saturated rings. The number of para-hydroxylation sites is 2. The van der Waals surface area contributed by atoms with Crippen LogP contribution in [0.5, 0.6) is 0 Å². The van der Waals surface area contributed by atoms with Crippen molar-refractivity contribution in [3.05, 3.63) is 59.7 Å². The Hall–Kier alpha value is -2.72. The molecule has 0 aliphatic carbocycles. The second-order valence-corrected chi connectivity index (χ2v) is 20.4. The Morgan fingerprint density at radius 1 is 0.694 bits per heavy atom. The number of likely N-dealkylation sites (N-methyl/N-ethyl adjacent to an activating group) is 2. The Morgan fingerprint density at radius 2 is 1.22 bits per heavy atom. The maximum absolute atomic E-state index is 15.2. The summed E-state index contributed by atoms with van der Waals surface area (Å²) in [4.78, 5) is 61.5. The number of fused-ring (bicyclic) bond motifs is 11. The zero-order chi connectivity index (χ0) is 34.4. The highest BCUT2D eigenvalue weighted by atomic mass is 33.1. The summed E-state index contributed by atoms with van der Waals surface area (Å²) >= 11 is 0. The molecule has 2 aromatic rings. The molecule has 10 aliphatic heterocycles. The van der Waals surface area contributed by atoms with Crippen LogP contribution in [0.4, 0.5) is 11.4 Å². The number of nitrogens with zero attached hydrogens (tertiary/aromatic N) is 4. The zero-order valence-electron chi connectivity index (χ0n) is 27.7. The molecule has 4 amide bonds. The molecule has 12 rings (SSSR count). The number of aliphatic hydroxyl groups is 1. The summed E-state index contributed by atoms with van der Waals surface area (Å²) in [6, 6.07) is 15.7. The van der Waals surface area contributed by atoms with Crippen molar-refractivity contribution in [2.24, 2.45) is 11.8 Å². The first kappa shape index (κ1) is 31.1. The maximum Gasteiger partial charge on any atom is 0.264 e. The third-order valence-corrected chi connectivity index (χ3v) is 20.8. The minimum absolute atomic E-state index is 0.146. The van der Waals surface area contributed by atoms with Crippen LogP contribution in [0.15, 0.2) is 48.5 Å². The van der Waals surface area contributed by atoms with Gasteiger partial charge in [-0.15, -0.1) is 0 Å². The fourth-order valence-corrected chi connectivity index (χ4v) is 19.3. The van der Waals surface area contributed by atoms with Gasteiger partial charge in [-0.3, -0.25) is 29.0 Å². The number of nitrogens with one attached hydrogen (secondary N) is 2. The predicted molar refractivity (Wildman–Crippen MR) is 192 cm³/mol. The average Bonchev–Trinajstić information content (AvgIpc) is 3.75. The minimum Gasteiger partial charge on any atom is -0.388 e. The second kappa shape index (κ2) is 9.01. The van der Waals surface area contributed by atoms with Crippen LogP contribution in [0.25, 0.3) is 0 Å². The highest BCUT2D eigenvalue weighted by Gasteiger charge is 2.91. The molecule has 4 bridgehead atoms. The molecular formula is C34H36N6O5S4. The van der Waals surface area contributed by atoms with Crippen molar-refractivity contribution in [2.75, 3.05) is 24.7 Å². The van der Waals surface area contributed by atoms with Gasteiger partial charge in [0.1, 0.15) is 18.4 Å². The van der Waals surface area contributed by atoms with Crippen molar-refractivity contribution in [3.63, 3.8) is 0 Å². The Balaban J connectivity index is 1.31. The Kier molecular flexibility index (Phi) is 5.71. The summed E-state index contributed by atoms with van der Waals surface area (Å²) in [5.74, 6) is -1.24. The van der Waals surface area contributed by atoms with E-state index >= 15 is 9.59 Å². The van der Waals surface area contributed by atoms with Crippen LogP contribution in [0.2, 0.25) is 0 Å². The van der Waals surface area contributed by atoms with Gasteiger partial charge in [0.15, 0.2) is 14.6 Å². The van der Waals surface area contributed by atoms with Gasteiger partial charge in [-0.2, -0.15) is 0 Å². The minimum atomic E-state index is -1.65. The zero-order valence-corrected chi connectivity index (χ0v) is 31.0. The van der Waals surface area contributed by atoms with E-state index in [1.807, 2.05) is 76.2 Å². The number of rotatable bonds is 3. The van der Waals surface area contributed by atoms with Gasteiger partial charge in [0.05, 0.1) is 10.8 Å². The first-order valence-corrected chi connectivity index (χ1v) is 21.0. The molecule has 0 radical (unpaired) electrons. The van der Waals surface area contributed by atoms with Crippen molar-refractivity contribution in [1.82, 2.24) is 19.6 Å². The molecule has 0 saturated carbocycles. The van der Waals surface area contributed by atoms with Crippen molar-refractivity contribution in [3.8, 4) is 0 Å². The van der Waals surface area contributed by atoms with Gasteiger partial charge in [0, 0.05) is 31.9 Å². The standard InChI is InChI=1S/C34H36N6O5S4/c1-16(2)32-27(44)39-23-29(18-11-7-9-13-20(18)35-23,15-30(39,46-47-32)25(42)37(32)5)31-19-12-8-10-14-21(19)36-24(31)40-28(45)33(17(3)4)38(6)26(43)34(40,22(31)41)49-48-33/h7-14,16-17,22-24,35-36,41H,15H2,1-6H3/t22-,23+,24-,29-,30-,31-,32-,33-,34-/m0/s1. The van der Waals surface area contributed by atoms with Crippen LogP contribution in [-0.2, 0) is 30.0 Å². The molecule has 2 spiro atoms. The van der Waals surface area contributed by atoms with E-state index in [1.54, 1.807) is 33.7 Å². The molecule has 10 heterocycles. The van der Waals surface area contributed by atoms with Crippen molar-refractivity contribution >= 4 is 78.2 Å². The number of anilines is 2. The number of carbonyl (C=O) groups is 4. The molecule has 3 N–H and O–H groups in total. The van der Waals surface area contributed by atoms with E-state index in [-0.39, 0.29) is 41.9 Å². The Morgan fingerprint density at radius 3 is 1.88 bits per heavy atom. The van der Waals surface area contributed by atoms with Crippen molar-refractivity contribution in [1.29, 1.82) is 0 Å². The van der Waals surface area contributed by atoms with E-state index in [0.717, 1.165) is 22.5 Å². The van der Waals surface area contributed by atoms with E-state index in [9.17, 15) is 14.7 Å². The number of hydrogen-bond donors (Lipinski definition) is 3. The normalized spacial score (nSPS) is 43.6. The van der Waals surface area contributed by atoms with Crippen molar-refractivity contribution < 1.29 is 24.3 Å². The van der Waals surface area contributed by atoms with E-state index in [2.05, 4.69) is 10.6 Å². The molecule has 49 heavy (non-hydrogen) atoms. The smallest absolute Gasteiger partial charge is 0.264 e. The van der Waals surface area contributed by atoms with Gasteiger partial charge in [-0.05, 0) is 45.9 Å². The highest BCUT2D eigenvalue weighted by Crippen LogP contribution is 2.79. The van der Waals surface area contributed by atoms with E-state index in [4.69, 9.17) is 0 Å². The van der Waals surface area contributed by atoms with Crippen LogP contribution in [0.3, 0.4) is 0 Å². The average molecular weight is 737 g/mol. The topological polar surface area (TPSA) is 126 Å². The van der Waals surface area contributed by atoms with Gasteiger partial charge < -0.3 is 25.5 Å². The summed E-state index contributed by atoms with van der Waals surface area (Å²) in [6.07, 6.45) is -2.87. The third kappa shape index (κ3) is 2.73. The quantitative estimate of drug-likeness (QED) is 0.401. The van der Waals surface area contributed by atoms with Crippen LogP contribution in [0, 0.1) is 11.8 Å².